The fourth-order valence-corrected chi connectivity index (χ4v) is 6.56. The highest BCUT2D eigenvalue weighted by Gasteiger charge is 2.31. The van der Waals surface area contributed by atoms with Gasteiger partial charge in [-0.2, -0.15) is 4.31 Å². The molecule has 1 aliphatic rings. The average molecular weight is 432 g/mol. The van der Waals surface area contributed by atoms with E-state index in [1.807, 2.05) is 50.4 Å². The zero-order valence-electron chi connectivity index (χ0n) is 16.9. The Kier molecular flexibility index (Phi) is 5.61. The quantitative estimate of drug-likeness (QED) is 0.614. The first-order valence-electron chi connectivity index (χ1n) is 9.63. The largest absolute Gasteiger partial charge is 0.462 e. The van der Waals surface area contributed by atoms with E-state index in [2.05, 4.69) is 9.88 Å². The van der Waals surface area contributed by atoms with Gasteiger partial charge in [0.05, 0.1) is 16.9 Å². The third-order valence-electron chi connectivity index (χ3n) is 5.20. The molecule has 0 atom stereocenters. The fourth-order valence-electron chi connectivity index (χ4n) is 3.95. The van der Waals surface area contributed by atoms with Crippen LogP contribution in [0.25, 0.3) is 10.8 Å². The van der Waals surface area contributed by atoms with Gasteiger partial charge in [0.2, 0.25) is 10.0 Å². The summed E-state index contributed by atoms with van der Waals surface area (Å²) in [6.45, 7) is 8.82. The summed E-state index contributed by atoms with van der Waals surface area (Å²) in [6, 6.07) is 7.64. The molecule has 6 nitrogen and oxygen atoms in total. The summed E-state index contributed by atoms with van der Waals surface area (Å²) in [5.41, 5.74) is 3.71. The van der Waals surface area contributed by atoms with Gasteiger partial charge < -0.3 is 4.42 Å². The van der Waals surface area contributed by atoms with Crippen LogP contribution in [0.5, 0.6) is 0 Å². The molecule has 3 heterocycles. The van der Waals surface area contributed by atoms with Gasteiger partial charge in [-0.1, -0.05) is 17.7 Å². The van der Waals surface area contributed by atoms with E-state index in [0.29, 0.717) is 37.6 Å². The van der Waals surface area contributed by atoms with Crippen molar-refractivity contribution >= 4 is 21.4 Å². The maximum atomic E-state index is 13.2. The molecule has 1 saturated heterocycles. The van der Waals surface area contributed by atoms with Crippen molar-refractivity contribution in [3.05, 3.63) is 58.3 Å². The van der Waals surface area contributed by atoms with Gasteiger partial charge in [0, 0.05) is 38.1 Å². The summed E-state index contributed by atoms with van der Waals surface area (Å²) in [5.74, 6) is 0.779. The van der Waals surface area contributed by atoms with E-state index in [0.717, 1.165) is 33.2 Å². The molecule has 0 aliphatic carbocycles. The van der Waals surface area contributed by atoms with Crippen LogP contribution < -0.4 is 0 Å². The Labute approximate surface area is 175 Å². The number of benzene rings is 1. The number of hydrogen-bond acceptors (Lipinski definition) is 6. The first kappa shape index (κ1) is 20.3. The zero-order chi connectivity index (χ0) is 20.6. The second kappa shape index (κ2) is 8.02. The number of aryl methyl sites for hydroxylation is 3. The molecule has 154 valence electrons. The van der Waals surface area contributed by atoms with Crippen molar-refractivity contribution in [2.45, 2.75) is 32.2 Å². The van der Waals surface area contributed by atoms with Crippen LogP contribution >= 0.6 is 11.3 Å². The Balaban J connectivity index is 1.42. The lowest BCUT2D eigenvalue weighted by Crippen LogP contribution is -2.48. The minimum atomic E-state index is -3.48. The van der Waals surface area contributed by atoms with E-state index in [1.54, 1.807) is 21.9 Å². The Morgan fingerprint density at radius 1 is 1.10 bits per heavy atom. The van der Waals surface area contributed by atoms with Crippen molar-refractivity contribution < 1.29 is 12.8 Å². The van der Waals surface area contributed by atoms with Crippen LogP contribution in [0.1, 0.15) is 22.4 Å². The van der Waals surface area contributed by atoms with Crippen molar-refractivity contribution in [1.82, 2.24) is 14.2 Å². The highest BCUT2D eigenvalue weighted by atomic mass is 32.2. The van der Waals surface area contributed by atoms with Crippen LogP contribution in [-0.4, -0.2) is 48.8 Å². The van der Waals surface area contributed by atoms with Crippen LogP contribution in [-0.2, 0) is 16.6 Å². The molecule has 0 spiro atoms. The molecule has 0 unspecified atom stereocenters. The minimum absolute atomic E-state index is 0.458. The predicted octanol–water partition coefficient (Wildman–Crippen LogP) is 3.83. The lowest BCUT2D eigenvalue weighted by molar-refractivity contribution is 0.180. The number of piperazine rings is 1. The molecule has 0 amide bonds. The summed E-state index contributed by atoms with van der Waals surface area (Å²) >= 11 is 1.56. The number of sulfonamides is 1. The highest BCUT2D eigenvalue weighted by molar-refractivity contribution is 7.89. The Morgan fingerprint density at radius 3 is 2.41 bits per heavy atom. The first-order valence-corrected chi connectivity index (χ1v) is 12.0. The molecule has 0 bridgehead atoms. The Bertz CT molecular complexity index is 1070. The molecule has 0 saturated carbocycles. The SMILES string of the molecule is Cc1cc(C)c(S(=O)(=O)N2CCN(Cc3csc(-c4ccco4)n3)CC2)c(C)c1. The van der Waals surface area contributed by atoms with Crippen molar-refractivity contribution in [1.29, 1.82) is 0 Å². The maximum absolute atomic E-state index is 13.2. The van der Waals surface area contributed by atoms with E-state index in [4.69, 9.17) is 4.42 Å². The van der Waals surface area contributed by atoms with Crippen molar-refractivity contribution in [3.63, 3.8) is 0 Å². The molecule has 1 aliphatic heterocycles. The summed E-state index contributed by atoms with van der Waals surface area (Å²) < 4.78 is 33.5. The molecule has 3 aromatic rings. The molecule has 2 aromatic heterocycles. The van der Waals surface area contributed by atoms with Crippen LogP contribution in [0, 0.1) is 20.8 Å². The fraction of sp³-hybridized carbons (Fsp3) is 0.381. The van der Waals surface area contributed by atoms with Crippen molar-refractivity contribution in [2.24, 2.45) is 0 Å². The lowest BCUT2D eigenvalue weighted by Gasteiger charge is -2.34. The number of rotatable bonds is 5. The Morgan fingerprint density at radius 2 is 1.79 bits per heavy atom. The smallest absolute Gasteiger partial charge is 0.243 e. The normalized spacial score (nSPS) is 16.4. The second-order valence-corrected chi connectivity index (χ2v) is 10.3. The van der Waals surface area contributed by atoms with Gasteiger partial charge in [-0.15, -0.1) is 11.3 Å². The van der Waals surface area contributed by atoms with E-state index in [-0.39, 0.29) is 0 Å². The molecule has 29 heavy (non-hydrogen) atoms. The number of thiazole rings is 1. The summed E-state index contributed by atoms with van der Waals surface area (Å²) in [6.07, 6.45) is 1.65. The number of nitrogens with zero attached hydrogens (tertiary/aromatic N) is 3. The third-order valence-corrected chi connectivity index (χ3v) is 8.31. The van der Waals surface area contributed by atoms with E-state index < -0.39 is 10.0 Å². The number of aromatic nitrogens is 1. The number of hydrogen-bond donors (Lipinski definition) is 0. The summed E-state index contributed by atoms with van der Waals surface area (Å²) in [5, 5.41) is 2.91. The van der Waals surface area contributed by atoms with Gasteiger partial charge in [0.15, 0.2) is 10.8 Å². The van der Waals surface area contributed by atoms with E-state index in [9.17, 15) is 8.42 Å². The van der Waals surface area contributed by atoms with Crippen molar-refractivity contribution in [2.75, 3.05) is 26.2 Å². The van der Waals surface area contributed by atoms with Gasteiger partial charge in [0.1, 0.15) is 0 Å². The van der Waals surface area contributed by atoms with Crippen LogP contribution in [0.3, 0.4) is 0 Å². The molecule has 1 aromatic carbocycles. The lowest BCUT2D eigenvalue weighted by atomic mass is 10.1. The molecular weight excluding hydrogens is 406 g/mol. The first-order chi connectivity index (χ1) is 13.8. The maximum Gasteiger partial charge on any atom is 0.243 e. The number of furan rings is 1. The Hall–Kier alpha value is -2.00. The van der Waals surface area contributed by atoms with Crippen molar-refractivity contribution in [3.8, 4) is 10.8 Å². The second-order valence-electron chi connectivity index (χ2n) is 7.53. The summed E-state index contributed by atoms with van der Waals surface area (Å²) in [7, 11) is -3.48. The molecule has 4 rings (SSSR count). The topological polar surface area (TPSA) is 66.7 Å². The van der Waals surface area contributed by atoms with Gasteiger partial charge >= 0.3 is 0 Å². The summed E-state index contributed by atoms with van der Waals surface area (Å²) in [4.78, 5) is 7.35. The molecule has 0 N–H and O–H groups in total. The van der Waals surface area contributed by atoms with Crippen LogP contribution in [0.4, 0.5) is 0 Å². The molecule has 8 heteroatoms. The monoisotopic (exact) mass is 431 g/mol. The van der Waals surface area contributed by atoms with Gasteiger partial charge in [-0.25, -0.2) is 13.4 Å². The van der Waals surface area contributed by atoms with Crippen LogP contribution in [0.2, 0.25) is 0 Å². The van der Waals surface area contributed by atoms with Gasteiger partial charge in [-0.05, 0) is 44.0 Å². The standard InChI is InChI=1S/C21H25N3O3S2/c1-15-11-16(2)20(17(3)12-15)29(25,26)24-8-6-23(7-9-24)13-18-14-28-21(22-18)19-5-4-10-27-19/h4-5,10-12,14H,6-9,13H2,1-3H3. The minimum Gasteiger partial charge on any atom is -0.462 e. The average Bonchev–Trinajstić information content (AvgIpc) is 3.32. The van der Waals surface area contributed by atoms with E-state index in [1.165, 1.54) is 0 Å². The third kappa shape index (κ3) is 4.16. The highest BCUT2D eigenvalue weighted by Crippen LogP contribution is 2.27. The molecule has 0 radical (unpaired) electrons. The zero-order valence-corrected chi connectivity index (χ0v) is 18.5. The molecule has 1 fully saturated rings. The van der Waals surface area contributed by atoms with Gasteiger partial charge in [0.25, 0.3) is 0 Å². The molecular formula is C21H25N3O3S2. The van der Waals surface area contributed by atoms with Gasteiger partial charge in [-0.3, -0.25) is 4.90 Å². The van der Waals surface area contributed by atoms with Crippen LogP contribution in [0.15, 0.2) is 45.2 Å². The van der Waals surface area contributed by atoms with E-state index >= 15 is 0 Å². The predicted molar refractivity (Wildman–Crippen MR) is 115 cm³/mol.